The van der Waals surface area contributed by atoms with Gasteiger partial charge in [-0.05, 0) is 48.7 Å². The molecule has 0 unspecified atom stereocenters. The molecule has 2 N–H and O–H groups in total. The molecule has 1 amide bonds. The Morgan fingerprint density at radius 3 is 2.36 bits per heavy atom. The van der Waals surface area contributed by atoms with Crippen LogP contribution in [0.15, 0.2) is 64.2 Å². The molecule has 1 aromatic heterocycles. The number of anilines is 2. The summed E-state index contributed by atoms with van der Waals surface area (Å²) in [5.41, 5.74) is 1.30. The van der Waals surface area contributed by atoms with Crippen LogP contribution >= 0.6 is 11.3 Å². The highest BCUT2D eigenvalue weighted by atomic mass is 32.2. The zero-order chi connectivity index (χ0) is 20.3. The molecule has 2 aromatic carbocycles. The van der Waals surface area contributed by atoms with E-state index in [-0.39, 0.29) is 15.5 Å². The highest BCUT2D eigenvalue weighted by molar-refractivity contribution is 7.94. The van der Waals surface area contributed by atoms with E-state index in [1.165, 1.54) is 36.4 Å². The summed E-state index contributed by atoms with van der Waals surface area (Å²) in [7, 11) is -3.66. The number of hydrogen-bond acceptors (Lipinski definition) is 6. The van der Waals surface area contributed by atoms with Gasteiger partial charge in [0.15, 0.2) is 0 Å². The van der Waals surface area contributed by atoms with Crippen LogP contribution in [0, 0.1) is 17.0 Å². The van der Waals surface area contributed by atoms with Crippen molar-refractivity contribution in [2.24, 2.45) is 0 Å². The first kappa shape index (κ1) is 19.5. The number of nitrogens with zero attached hydrogens (tertiary/aromatic N) is 1. The van der Waals surface area contributed by atoms with E-state index < -0.39 is 20.9 Å². The van der Waals surface area contributed by atoms with E-state index in [1.807, 2.05) is 0 Å². The summed E-state index contributed by atoms with van der Waals surface area (Å²) in [4.78, 5) is 22.8. The van der Waals surface area contributed by atoms with Gasteiger partial charge in [-0.2, -0.15) is 0 Å². The van der Waals surface area contributed by atoms with Gasteiger partial charge in [-0.15, -0.1) is 11.3 Å². The molecule has 28 heavy (non-hydrogen) atoms. The summed E-state index contributed by atoms with van der Waals surface area (Å²) in [5, 5.41) is 15.3. The monoisotopic (exact) mass is 417 g/mol. The molecule has 0 spiro atoms. The van der Waals surface area contributed by atoms with Crippen molar-refractivity contribution in [2.75, 3.05) is 10.0 Å². The lowest BCUT2D eigenvalue weighted by Gasteiger charge is -2.08. The number of benzene rings is 2. The van der Waals surface area contributed by atoms with Crippen LogP contribution in [0.1, 0.15) is 15.9 Å². The maximum Gasteiger partial charge on any atom is 0.274 e. The Hall–Kier alpha value is -3.24. The summed E-state index contributed by atoms with van der Waals surface area (Å²) in [6.07, 6.45) is 0. The van der Waals surface area contributed by atoms with Crippen LogP contribution in [0.5, 0.6) is 0 Å². The Bertz CT molecular complexity index is 1120. The Labute approximate surface area is 165 Å². The van der Waals surface area contributed by atoms with Crippen molar-refractivity contribution in [2.45, 2.75) is 11.1 Å². The van der Waals surface area contributed by atoms with Gasteiger partial charge in [-0.1, -0.05) is 12.1 Å². The number of amides is 1. The second-order valence-corrected chi connectivity index (χ2v) is 8.68. The Kier molecular flexibility index (Phi) is 5.43. The van der Waals surface area contributed by atoms with Crippen molar-refractivity contribution in [3.63, 3.8) is 0 Å². The zero-order valence-corrected chi connectivity index (χ0v) is 16.2. The van der Waals surface area contributed by atoms with E-state index in [0.717, 1.165) is 11.3 Å². The van der Waals surface area contributed by atoms with Gasteiger partial charge in [0.25, 0.3) is 21.6 Å². The second kappa shape index (κ2) is 7.79. The minimum atomic E-state index is -3.66. The number of nitro benzene ring substituents is 1. The number of rotatable bonds is 6. The number of nitro groups is 1. The van der Waals surface area contributed by atoms with E-state index in [0.29, 0.717) is 16.9 Å². The fourth-order valence-corrected chi connectivity index (χ4v) is 4.45. The third-order valence-corrected chi connectivity index (χ3v) is 6.60. The lowest BCUT2D eigenvalue weighted by Crippen LogP contribution is -2.13. The van der Waals surface area contributed by atoms with Crippen LogP contribution in [-0.4, -0.2) is 19.2 Å². The van der Waals surface area contributed by atoms with Crippen molar-refractivity contribution in [3.8, 4) is 0 Å². The molecule has 0 radical (unpaired) electrons. The molecule has 1 heterocycles. The molecule has 0 fully saturated rings. The van der Waals surface area contributed by atoms with Gasteiger partial charge in [0, 0.05) is 28.6 Å². The number of carbonyl (C=O) groups excluding carboxylic acids is 1. The fourth-order valence-electron chi connectivity index (χ4n) is 2.40. The largest absolute Gasteiger partial charge is 0.322 e. The number of thiophene rings is 1. The average Bonchev–Trinajstić information content (AvgIpc) is 3.19. The van der Waals surface area contributed by atoms with Crippen LogP contribution < -0.4 is 10.0 Å². The van der Waals surface area contributed by atoms with Gasteiger partial charge in [-0.25, -0.2) is 8.42 Å². The Morgan fingerprint density at radius 2 is 1.75 bits per heavy atom. The fraction of sp³-hybridized carbons (Fsp3) is 0.0556. The van der Waals surface area contributed by atoms with E-state index in [4.69, 9.17) is 0 Å². The van der Waals surface area contributed by atoms with Crippen LogP contribution in [0.4, 0.5) is 17.1 Å². The first-order valence-corrected chi connectivity index (χ1v) is 10.4. The molecule has 144 valence electrons. The van der Waals surface area contributed by atoms with E-state index in [9.17, 15) is 23.3 Å². The number of sulfonamides is 1. The SMILES string of the molecule is Cc1ccc(NC(=O)c2ccc(NS(=O)(=O)c3cccs3)cc2)cc1[N+](=O)[O-]. The molecule has 0 aliphatic carbocycles. The molecule has 0 aliphatic heterocycles. The van der Waals surface area contributed by atoms with Crippen LogP contribution in [-0.2, 0) is 10.0 Å². The topological polar surface area (TPSA) is 118 Å². The molecule has 3 rings (SSSR count). The summed E-state index contributed by atoms with van der Waals surface area (Å²) in [6, 6.07) is 13.4. The Balaban J connectivity index is 1.72. The molecular weight excluding hydrogens is 402 g/mol. The molecule has 8 nitrogen and oxygen atoms in total. The van der Waals surface area contributed by atoms with Crippen molar-refractivity contribution < 1.29 is 18.1 Å². The van der Waals surface area contributed by atoms with Gasteiger partial charge in [0.2, 0.25) is 0 Å². The molecule has 10 heteroatoms. The lowest BCUT2D eigenvalue weighted by molar-refractivity contribution is -0.385. The molecule has 3 aromatic rings. The minimum Gasteiger partial charge on any atom is -0.322 e. The molecule has 0 saturated heterocycles. The smallest absolute Gasteiger partial charge is 0.274 e. The van der Waals surface area contributed by atoms with Gasteiger partial charge in [0.05, 0.1) is 4.92 Å². The third-order valence-electron chi connectivity index (χ3n) is 3.82. The van der Waals surface area contributed by atoms with Crippen LogP contribution in [0.2, 0.25) is 0 Å². The van der Waals surface area contributed by atoms with Crippen molar-refractivity contribution in [3.05, 3.63) is 81.2 Å². The van der Waals surface area contributed by atoms with Crippen LogP contribution in [0.25, 0.3) is 0 Å². The van der Waals surface area contributed by atoms with Gasteiger partial charge < -0.3 is 5.32 Å². The van der Waals surface area contributed by atoms with E-state index in [2.05, 4.69) is 10.0 Å². The predicted molar refractivity (Wildman–Crippen MR) is 107 cm³/mol. The highest BCUT2D eigenvalue weighted by Crippen LogP contribution is 2.23. The molecule has 0 bridgehead atoms. The highest BCUT2D eigenvalue weighted by Gasteiger charge is 2.16. The number of carbonyl (C=O) groups is 1. The summed E-state index contributed by atoms with van der Waals surface area (Å²) in [6.45, 7) is 1.61. The van der Waals surface area contributed by atoms with Gasteiger partial charge in [-0.3, -0.25) is 19.6 Å². The number of hydrogen-bond donors (Lipinski definition) is 2. The maximum atomic E-state index is 12.3. The lowest BCUT2D eigenvalue weighted by atomic mass is 10.1. The molecular formula is C18H15N3O5S2. The van der Waals surface area contributed by atoms with Gasteiger partial charge in [0.1, 0.15) is 4.21 Å². The average molecular weight is 417 g/mol. The minimum absolute atomic E-state index is 0.0869. The van der Waals surface area contributed by atoms with Crippen molar-refractivity contribution in [1.82, 2.24) is 0 Å². The van der Waals surface area contributed by atoms with Crippen LogP contribution in [0.3, 0.4) is 0 Å². The third kappa shape index (κ3) is 4.35. The first-order valence-electron chi connectivity index (χ1n) is 7.99. The normalized spacial score (nSPS) is 11.0. The second-order valence-electron chi connectivity index (χ2n) is 5.83. The van der Waals surface area contributed by atoms with E-state index in [1.54, 1.807) is 30.5 Å². The predicted octanol–water partition coefficient (Wildman–Crippen LogP) is 4.02. The number of aryl methyl sites for hydroxylation is 1. The standard InChI is InChI=1S/C18H15N3O5S2/c1-12-4-7-15(11-16(12)21(23)24)19-18(22)13-5-8-14(9-6-13)20-28(25,26)17-3-2-10-27-17/h2-11,20H,1H3,(H,19,22). The van der Waals surface area contributed by atoms with Crippen molar-refractivity contribution in [1.29, 1.82) is 0 Å². The van der Waals surface area contributed by atoms with E-state index >= 15 is 0 Å². The summed E-state index contributed by atoms with van der Waals surface area (Å²) in [5.74, 6) is -0.467. The summed E-state index contributed by atoms with van der Waals surface area (Å²) < 4.78 is 27.0. The van der Waals surface area contributed by atoms with Crippen molar-refractivity contribution >= 4 is 44.3 Å². The summed E-state index contributed by atoms with van der Waals surface area (Å²) >= 11 is 1.10. The molecule has 0 aliphatic rings. The molecule has 0 atom stereocenters. The quantitative estimate of drug-likeness (QED) is 0.464. The number of nitrogens with one attached hydrogen (secondary N) is 2. The molecule has 0 saturated carbocycles. The Morgan fingerprint density at radius 1 is 1.07 bits per heavy atom. The van der Waals surface area contributed by atoms with Gasteiger partial charge >= 0.3 is 0 Å². The maximum absolute atomic E-state index is 12.3. The first-order chi connectivity index (χ1) is 13.3. The zero-order valence-electron chi connectivity index (χ0n) is 14.6.